The van der Waals surface area contributed by atoms with Crippen LogP contribution in [0.2, 0.25) is 0 Å². The molecule has 0 atom stereocenters. The summed E-state index contributed by atoms with van der Waals surface area (Å²) in [4.78, 5) is 11.1. The van der Waals surface area contributed by atoms with E-state index in [1.54, 1.807) is 0 Å². The summed E-state index contributed by atoms with van der Waals surface area (Å²) in [5.74, 6) is 0.0276. The molecule has 0 heterocycles. The Hall–Kier alpha value is -1.55. The van der Waals surface area contributed by atoms with Crippen LogP contribution in [0, 0.1) is 0 Å². The lowest BCUT2D eigenvalue weighted by Crippen LogP contribution is -2.23. The van der Waals surface area contributed by atoms with Crippen molar-refractivity contribution in [1.82, 2.24) is 5.32 Å². The van der Waals surface area contributed by atoms with Gasteiger partial charge in [-0.15, -0.1) is 0 Å². The van der Waals surface area contributed by atoms with Crippen molar-refractivity contribution < 1.29 is 9.53 Å². The Kier molecular flexibility index (Phi) is 5.36. The van der Waals surface area contributed by atoms with Gasteiger partial charge in [-0.2, -0.15) is 0 Å². The lowest BCUT2D eigenvalue weighted by atomic mass is 10.2. The number of ether oxygens (including phenoxy) is 1. The maximum atomic E-state index is 11.1. The molecule has 1 aromatic rings. The van der Waals surface area contributed by atoms with E-state index in [1.165, 1.54) is 0 Å². The molecule has 88 valence electrons. The second-order valence-electron chi connectivity index (χ2n) is 3.50. The van der Waals surface area contributed by atoms with Gasteiger partial charge in [-0.25, -0.2) is 0 Å². The molecule has 0 saturated carbocycles. The van der Waals surface area contributed by atoms with E-state index in [9.17, 15) is 4.79 Å². The van der Waals surface area contributed by atoms with Crippen LogP contribution in [0.1, 0.15) is 18.9 Å². The molecule has 0 unspecified atom stereocenters. The largest absolute Gasteiger partial charge is 0.399 e. The van der Waals surface area contributed by atoms with Crippen LogP contribution in [0.15, 0.2) is 24.3 Å². The molecule has 3 N–H and O–H groups in total. The Balaban J connectivity index is 2.16. The summed E-state index contributed by atoms with van der Waals surface area (Å²) in [6.45, 7) is 3.51. The fourth-order valence-electron chi connectivity index (χ4n) is 1.25. The van der Waals surface area contributed by atoms with Crippen molar-refractivity contribution in [1.29, 1.82) is 0 Å². The summed E-state index contributed by atoms with van der Waals surface area (Å²) in [5.41, 5.74) is 7.36. The van der Waals surface area contributed by atoms with Crippen LogP contribution in [0.5, 0.6) is 0 Å². The molecule has 1 amide bonds. The molecule has 0 aliphatic carbocycles. The maximum Gasteiger partial charge on any atom is 0.222 e. The van der Waals surface area contributed by atoms with E-state index in [1.807, 2.05) is 31.2 Å². The minimum Gasteiger partial charge on any atom is -0.399 e. The normalized spacial score (nSPS) is 10.1. The van der Waals surface area contributed by atoms with Crippen molar-refractivity contribution in [2.45, 2.75) is 20.0 Å². The highest BCUT2D eigenvalue weighted by molar-refractivity contribution is 5.75. The van der Waals surface area contributed by atoms with Gasteiger partial charge in [0.1, 0.15) is 0 Å². The second kappa shape index (κ2) is 6.85. The molecule has 0 aliphatic heterocycles. The number of benzene rings is 1. The molecule has 16 heavy (non-hydrogen) atoms. The molecule has 0 spiro atoms. The average molecular weight is 222 g/mol. The number of nitrogen functional groups attached to an aromatic ring is 1. The van der Waals surface area contributed by atoms with Gasteiger partial charge in [-0.1, -0.05) is 12.1 Å². The molecule has 0 aliphatic rings. The van der Waals surface area contributed by atoms with Crippen molar-refractivity contribution >= 4 is 11.6 Å². The van der Waals surface area contributed by atoms with Gasteiger partial charge in [0.05, 0.1) is 13.2 Å². The Bertz CT molecular complexity index is 322. The number of carbonyl (C=O) groups is 1. The zero-order valence-corrected chi connectivity index (χ0v) is 9.53. The predicted octanol–water partition coefficient (Wildman–Crippen LogP) is 1.31. The van der Waals surface area contributed by atoms with Gasteiger partial charge in [-0.05, 0) is 24.6 Å². The number of amides is 1. The fraction of sp³-hybridized carbons (Fsp3) is 0.417. The van der Waals surface area contributed by atoms with E-state index in [0.717, 1.165) is 11.3 Å². The number of hydrogen-bond donors (Lipinski definition) is 2. The minimum atomic E-state index is 0.0276. The Morgan fingerprint density at radius 3 is 2.69 bits per heavy atom. The first-order chi connectivity index (χ1) is 7.72. The summed E-state index contributed by atoms with van der Waals surface area (Å²) in [6.07, 6.45) is 0.406. The average Bonchev–Trinajstić information content (AvgIpc) is 2.27. The Labute approximate surface area is 95.8 Å². The monoisotopic (exact) mass is 222 g/mol. The smallest absolute Gasteiger partial charge is 0.222 e. The van der Waals surface area contributed by atoms with E-state index in [4.69, 9.17) is 10.5 Å². The number of hydrogen-bond acceptors (Lipinski definition) is 3. The number of anilines is 1. The summed E-state index contributed by atoms with van der Waals surface area (Å²) >= 11 is 0. The summed E-state index contributed by atoms with van der Waals surface area (Å²) in [5, 5.41) is 2.72. The van der Waals surface area contributed by atoms with Crippen LogP contribution in [0.3, 0.4) is 0 Å². The first-order valence-electron chi connectivity index (χ1n) is 5.41. The highest BCUT2D eigenvalue weighted by atomic mass is 16.5. The van der Waals surface area contributed by atoms with Gasteiger partial charge in [0, 0.05) is 18.7 Å². The zero-order chi connectivity index (χ0) is 11.8. The highest BCUT2D eigenvalue weighted by Crippen LogP contribution is 2.06. The molecule has 0 saturated heterocycles. The molecule has 1 rings (SSSR count). The highest BCUT2D eigenvalue weighted by Gasteiger charge is 1.99. The molecular weight excluding hydrogens is 204 g/mol. The van der Waals surface area contributed by atoms with Crippen molar-refractivity contribution in [2.24, 2.45) is 0 Å². The second-order valence-corrected chi connectivity index (χ2v) is 3.50. The fourth-order valence-corrected chi connectivity index (χ4v) is 1.25. The number of nitrogens with one attached hydrogen (secondary N) is 1. The zero-order valence-electron chi connectivity index (χ0n) is 9.53. The standard InChI is InChI=1S/C12H18N2O2/c1-2-14-12(15)7-8-16-9-10-3-5-11(13)6-4-10/h3-6H,2,7-9,13H2,1H3,(H,14,15). The van der Waals surface area contributed by atoms with E-state index in [0.29, 0.717) is 26.2 Å². The van der Waals surface area contributed by atoms with E-state index < -0.39 is 0 Å². The van der Waals surface area contributed by atoms with Crippen molar-refractivity contribution in [3.8, 4) is 0 Å². The van der Waals surface area contributed by atoms with E-state index >= 15 is 0 Å². The van der Waals surface area contributed by atoms with Crippen LogP contribution in [-0.2, 0) is 16.1 Å². The van der Waals surface area contributed by atoms with Crippen molar-refractivity contribution in [3.05, 3.63) is 29.8 Å². The third kappa shape index (κ3) is 4.79. The van der Waals surface area contributed by atoms with Crippen molar-refractivity contribution in [3.63, 3.8) is 0 Å². The molecule has 0 radical (unpaired) electrons. The van der Waals surface area contributed by atoms with E-state index in [-0.39, 0.29) is 5.91 Å². The van der Waals surface area contributed by atoms with Crippen LogP contribution in [-0.4, -0.2) is 19.1 Å². The number of rotatable bonds is 6. The minimum absolute atomic E-state index is 0.0276. The maximum absolute atomic E-state index is 11.1. The third-order valence-electron chi connectivity index (χ3n) is 2.10. The quantitative estimate of drug-likeness (QED) is 0.563. The predicted molar refractivity (Wildman–Crippen MR) is 63.8 cm³/mol. The van der Waals surface area contributed by atoms with Gasteiger partial charge in [0.25, 0.3) is 0 Å². The van der Waals surface area contributed by atoms with Crippen LogP contribution in [0.4, 0.5) is 5.69 Å². The summed E-state index contributed by atoms with van der Waals surface area (Å²) in [7, 11) is 0. The Morgan fingerprint density at radius 1 is 1.38 bits per heavy atom. The molecule has 1 aromatic carbocycles. The lowest BCUT2D eigenvalue weighted by Gasteiger charge is -2.05. The van der Waals surface area contributed by atoms with Crippen LogP contribution in [0.25, 0.3) is 0 Å². The number of nitrogens with two attached hydrogens (primary N) is 1. The molecule has 0 bridgehead atoms. The summed E-state index contributed by atoms with van der Waals surface area (Å²) in [6, 6.07) is 7.51. The van der Waals surface area contributed by atoms with Crippen molar-refractivity contribution in [2.75, 3.05) is 18.9 Å². The molecule has 0 fully saturated rings. The first kappa shape index (κ1) is 12.5. The lowest BCUT2D eigenvalue weighted by molar-refractivity contribution is -0.122. The SMILES string of the molecule is CCNC(=O)CCOCc1ccc(N)cc1. The molecular formula is C12H18N2O2. The van der Waals surface area contributed by atoms with Gasteiger partial charge in [0.15, 0.2) is 0 Å². The topological polar surface area (TPSA) is 64.3 Å². The third-order valence-corrected chi connectivity index (χ3v) is 2.10. The van der Waals surface area contributed by atoms with Gasteiger partial charge in [0.2, 0.25) is 5.91 Å². The summed E-state index contributed by atoms with van der Waals surface area (Å²) < 4.78 is 5.37. The molecule has 0 aromatic heterocycles. The number of carbonyl (C=O) groups excluding carboxylic acids is 1. The van der Waals surface area contributed by atoms with Gasteiger partial charge >= 0.3 is 0 Å². The van der Waals surface area contributed by atoms with Gasteiger partial charge < -0.3 is 15.8 Å². The first-order valence-corrected chi connectivity index (χ1v) is 5.41. The molecule has 4 nitrogen and oxygen atoms in total. The van der Waals surface area contributed by atoms with Crippen LogP contribution >= 0.6 is 0 Å². The van der Waals surface area contributed by atoms with Crippen LogP contribution < -0.4 is 11.1 Å². The molecule has 4 heteroatoms. The Morgan fingerprint density at radius 2 is 2.06 bits per heavy atom. The van der Waals surface area contributed by atoms with E-state index in [2.05, 4.69) is 5.32 Å². The van der Waals surface area contributed by atoms with Gasteiger partial charge in [-0.3, -0.25) is 4.79 Å².